The lowest BCUT2D eigenvalue weighted by atomic mass is 10.1. The van der Waals surface area contributed by atoms with Gasteiger partial charge in [-0.15, -0.1) is 0 Å². The minimum atomic E-state index is 0.0487. The number of amides is 1. The van der Waals surface area contributed by atoms with Gasteiger partial charge in [-0.05, 0) is 5.56 Å². The monoisotopic (exact) mass is 215 g/mol. The van der Waals surface area contributed by atoms with Gasteiger partial charge >= 0.3 is 0 Å². The van der Waals surface area contributed by atoms with E-state index in [1.165, 1.54) is 0 Å². The van der Waals surface area contributed by atoms with Crippen LogP contribution in [-0.2, 0) is 11.2 Å². The third-order valence-electron chi connectivity index (χ3n) is 2.47. The third-order valence-corrected chi connectivity index (χ3v) is 2.47. The molecule has 1 aromatic carbocycles. The van der Waals surface area contributed by atoms with Crippen molar-refractivity contribution in [2.24, 2.45) is 0 Å². The largest absolute Gasteiger partial charge is 0.470 e. The van der Waals surface area contributed by atoms with E-state index in [1.54, 1.807) is 30.5 Å². The fourth-order valence-corrected chi connectivity index (χ4v) is 1.48. The zero-order valence-electron chi connectivity index (χ0n) is 9.09. The molecule has 2 rings (SSSR count). The number of benzene rings is 1. The highest BCUT2D eigenvalue weighted by atomic mass is 16.3. The van der Waals surface area contributed by atoms with E-state index in [-0.39, 0.29) is 5.91 Å². The summed E-state index contributed by atoms with van der Waals surface area (Å²) in [6.07, 6.45) is 3.52. The van der Waals surface area contributed by atoms with Crippen molar-refractivity contribution in [2.75, 3.05) is 11.9 Å². The van der Waals surface area contributed by atoms with Gasteiger partial charge in [-0.1, -0.05) is 30.3 Å². The summed E-state index contributed by atoms with van der Waals surface area (Å²) in [6, 6.07) is 11.5. The molecule has 0 spiro atoms. The van der Waals surface area contributed by atoms with Crippen LogP contribution in [0.15, 0.2) is 53.3 Å². The van der Waals surface area contributed by atoms with Crippen LogP contribution in [0.1, 0.15) is 5.56 Å². The zero-order chi connectivity index (χ0) is 11.4. The summed E-state index contributed by atoms with van der Waals surface area (Å²) in [5.74, 6) is 0.0487. The molecule has 0 aliphatic rings. The summed E-state index contributed by atoms with van der Waals surface area (Å²) in [6.45, 7) is 0. The molecule has 0 atom stereocenters. The van der Waals surface area contributed by atoms with E-state index in [0.717, 1.165) is 11.3 Å². The average Bonchev–Trinajstić information content (AvgIpc) is 2.83. The van der Waals surface area contributed by atoms with Gasteiger partial charge in [-0.25, -0.2) is 0 Å². The summed E-state index contributed by atoms with van der Waals surface area (Å²) < 4.78 is 4.94. The van der Waals surface area contributed by atoms with Crippen LogP contribution in [0.25, 0.3) is 0 Å². The van der Waals surface area contributed by atoms with Gasteiger partial charge in [0.15, 0.2) is 0 Å². The molecule has 16 heavy (non-hydrogen) atoms. The van der Waals surface area contributed by atoms with Crippen molar-refractivity contribution < 1.29 is 9.21 Å². The fraction of sp³-hybridized carbons (Fsp3) is 0.154. The van der Waals surface area contributed by atoms with Crippen LogP contribution in [0.5, 0.6) is 0 Å². The molecular formula is C13H13NO2. The first-order valence-corrected chi connectivity index (χ1v) is 5.10. The number of likely N-dealkylation sites (N-methyl/N-ethyl adjacent to an activating group) is 1. The molecule has 3 nitrogen and oxygen atoms in total. The standard InChI is InChI=1S/C13H13NO2/c1-14(12-7-8-16-10-12)13(15)9-11-5-3-2-4-6-11/h2-8,10H,9H2,1H3. The van der Waals surface area contributed by atoms with E-state index < -0.39 is 0 Å². The van der Waals surface area contributed by atoms with Gasteiger partial charge in [0.05, 0.1) is 18.4 Å². The van der Waals surface area contributed by atoms with Gasteiger partial charge in [0.2, 0.25) is 5.91 Å². The maximum absolute atomic E-state index is 11.9. The van der Waals surface area contributed by atoms with Crippen molar-refractivity contribution >= 4 is 11.6 Å². The fourth-order valence-electron chi connectivity index (χ4n) is 1.48. The lowest BCUT2D eigenvalue weighted by Gasteiger charge is -2.14. The number of carbonyl (C=O) groups is 1. The molecular weight excluding hydrogens is 202 g/mol. The Kier molecular flexibility index (Phi) is 3.05. The topological polar surface area (TPSA) is 33.5 Å². The smallest absolute Gasteiger partial charge is 0.231 e. The van der Waals surface area contributed by atoms with E-state index in [1.807, 2.05) is 30.3 Å². The summed E-state index contributed by atoms with van der Waals surface area (Å²) in [7, 11) is 1.75. The van der Waals surface area contributed by atoms with Crippen LogP contribution in [0.2, 0.25) is 0 Å². The molecule has 1 heterocycles. The zero-order valence-corrected chi connectivity index (χ0v) is 9.09. The van der Waals surface area contributed by atoms with Gasteiger partial charge in [-0.2, -0.15) is 0 Å². The van der Waals surface area contributed by atoms with Crippen LogP contribution in [-0.4, -0.2) is 13.0 Å². The van der Waals surface area contributed by atoms with Gasteiger partial charge < -0.3 is 9.32 Å². The number of carbonyl (C=O) groups excluding carboxylic acids is 1. The first-order valence-electron chi connectivity index (χ1n) is 5.10. The van der Waals surface area contributed by atoms with E-state index in [2.05, 4.69) is 0 Å². The Bertz CT molecular complexity index is 448. The first-order chi connectivity index (χ1) is 7.77. The lowest BCUT2D eigenvalue weighted by Crippen LogP contribution is -2.27. The van der Waals surface area contributed by atoms with Crippen molar-refractivity contribution in [3.63, 3.8) is 0 Å². The predicted octanol–water partition coefficient (Wildman–Crippen LogP) is 2.49. The van der Waals surface area contributed by atoms with Crippen LogP contribution in [0.3, 0.4) is 0 Å². The van der Waals surface area contributed by atoms with E-state index in [0.29, 0.717) is 6.42 Å². The molecule has 1 aromatic heterocycles. The molecule has 0 bridgehead atoms. The Labute approximate surface area is 94.3 Å². The normalized spacial score (nSPS) is 10.1. The Morgan fingerprint density at radius 2 is 2.00 bits per heavy atom. The van der Waals surface area contributed by atoms with Crippen LogP contribution in [0, 0.1) is 0 Å². The van der Waals surface area contributed by atoms with Crippen molar-refractivity contribution in [3.8, 4) is 0 Å². The molecule has 3 heteroatoms. The second-order valence-corrected chi connectivity index (χ2v) is 3.60. The third kappa shape index (κ3) is 2.31. The Morgan fingerprint density at radius 3 is 2.62 bits per heavy atom. The highest BCUT2D eigenvalue weighted by Gasteiger charge is 2.11. The summed E-state index contributed by atoms with van der Waals surface area (Å²) in [4.78, 5) is 13.5. The van der Waals surface area contributed by atoms with Gasteiger partial charge in [0.25, 0.3) is 0 Å². The van der Waals surface area contributed by atoms with Gasteiger partial charge in [-0.3, -0.25) is 4.79 Å². The van der Waals surface area contributed by atoms with Crippen LogP contribution < -0.4 is 4.90 Å². The number of furan rings is 1. The number of nitrogens with zero attached hydrogens (tertiary/aromatic N) is 1. The van der Waals surface area contributed by atoms with Crippen LogP contribution in [0.4, 0.5) is 5.69 Å². The van der Waals surface area contributed by atoms with E-state index >= 15 is 0 Å². The number of hydrogen-bond donors (Lipinski definition) is 0. The van der Waals surface area contributed by atoms with E-state index in [9.17, 15) is 4.79 Å². The maximum Gasteiger partial charge on any atom is 0.231 e. The van der Waals surface area contributed by atoms with Crippen LogP contribution >= 0.6 is 0 Å². The quantitative estimate of drug-likeness (QED) is 0.788. The predicted molar refractivity (Wildman–Crippen MR) is 62.3 cm³/mol. The van der Waals surface area contributed by atoms with E-state index in [4.69, 9.17) is 4.42 Å². The lowest BCUT2D eigenvalue weighted by molar-refractivity contribution is -0.117. The molecule has 0 fully saturated rings. The van der Waals surface area contributed by atoms with Crippen molar-refractivity contribution in [1.82, 2.24) is 0 Å². The summed E-state index contributed by atoms with van der Waals surface area (Å²) >= 11 is 0. The molecule has 0 aliphatic carbocycles. The molecule has 0 N–H and O–H groups in total. The Balaban J connectivity index is 2.04. The second-order valence-electron chi connectivity index (χ2n) is 3.60. The summed E-state index contributed by atoms with van der Waals surface area (Å²) in [5.41, 5.74) is 1.80. The minimum Gasteiger partial charge on any atom is -0.470 e. The highest BCUT2D eigenvalue weighted by molar-refractivity contribution is 5.93. The Morgan fingerprint density at radius 1 is 1.25 bits per heavy atom. The summed E-state index contributed by atoms with van der Waals surface area (Å²) in [5, 5.41) is 0. The second kappa shape index (κ2) is 4.66. The Hall–Kier alpha value is -2.03. The van der Waals surface area contributed by atoms with Crippen molar-refractivity contribution in [3.05, 3.63) is 54.5 Å². The SMILES string of the molecule is CN(C(=O)Cc1ccccc1)c1ccoc1. The number of rotatable bonds is 3. The number of hydrogen-bond acceptors (Lipinski definition) is 2. The number of anilines is 1. The van der Waals surface area contributed by atoms with Crippen molar-refractivity contribution in [2.45, 2.75) is 6.42 Å². The molecule has 0 radical (unpaired) electrons. The molecule has 2 aromatic rings. The van der Waals surface area contributed by atoms with Gasteiger partial charge in [0, 0.05) is 13.1 Å². The molecule has 0 saturated heterocycles. The average molecular weight is 215 g/mol. The maximum atomic E-state index is 11.9. The molecule has 0 saturated carbocycles. The highest BCUT2D eigenvalue weighted by Crippen LogP contribution is 2.13. The molecule has 0 aliphatic heterocycles. The molecule has 1 amide bonds. The minimum absolute atomic E-state index is 0.0487. The first kappa shape index (κ1) is 10.5. The van der Waals surface area contributed by atoms with Crippen molar-refractivity contribution in [1.29, 1.82) is 0 Å². The molecule has 0 unspecified atom stereocenters. The van der Waals surface area contributed by atoms with Gasteiger partial charge in [0.1, 0.15) is 6.26 Å². The molecule has 82 valence electrons.